The molecular weight excluding hydrogens is 551 g/mol. The lowest BCUT2D eigenvalue weighted by Crippen LogP contribution is -2.41. The summed E-state index contributed by atoms with van der Waals surface area (Å²) in [5.41, 5.74) is 2.71. The minimum absolute atomic E-state index is 0. The van der Waals surface area contributed by atoms with Crippen molar-refractivity contribution in [2.24, 2.45) is 4.99 Å². The number of rotatable bonds is 7. The van der Waals surface area contributed by atoms with Crippen LogP contribution < -0.4 is 25.4 Å². The molecule has 0 bridgehead atoms. The van der Waals surface area contributed by atoms with Crippen molar-refractivity contribution in [1.29, 1.82) is 0 Å². The van der Waals surface area contributed by atoms with Crippen LogP contribution >= 0.6 is 39.9 Å². The second-order valence-electron chi connectivity index (χ2n) is 5.96. The van der Waals surface area contributed by atoms with E-state index < -0.39 is 0 Å². The van der Waals surface area contributed by atoms with E-state index in [-0.39, 0.29) is 36.4 Å². The van der Waals surface area contributed by atoms with E-state index in [9.17, 15) is 4.79 Å². The van der Waals surface area contributed by atoms with E-state index in [4.69, 9.17) is 9.47 Å². The topological polar surface area (TPSA) is 84.0 Å². The van der Waals surface area contributed by atoms with Gasteiger partial charge in [0.1, 0.15) is 11.5 Å². The van der Waals surface area contributed by atoms with Crippen molar-refractivity contribution < 1.29 is 14.3 Å². The Balaban J connectivity index is 0.00000420. The standard InChI is InChI=1S/C20H25BrN4O3.HI/c1-13-5-7-15(21)9-17(13)25-19(26)12-24-20(22-2)23-11-14-6-8-16(27-3)10-18(14)28-4;/h5-10H,11-12H2,1-4H3,(H,25,26)(H2,22,23,24);1H. The van der Waals surface area contributed by atoms with Crippen molar-refractivity contribution in [3.05, 3.63) is 52.0 Å². The first-order valence-corrected chi connectivity index (χ1v) is 9.47. The van der Waals surface area contributed by atoms with Crippen LogP contribution in [-0.2, 0) is 11.3 Å². The summed E-state index contributed by atoms with van der Waals surface area (Å²) in [6, 6.07) is 11.3. The lowest BCUT2D eigenvalue weighted by molar-refractivity contribution is -0.115. The van der Waals surface area contributed by atoms with Gasteiger partial charge in [-0.3, -0.25) is 9.79 Å². The lowest BCUT2D eigenvalue weighted by atomic mass is 10.2. The molecule has 9 heteroatoms. The molecule has 0 aliphatic rings. The van der Waals surface area contributed by atoms with Gasteiger partial charge in [0, 0.05) is 35.4 Å². The summed E-state index contributed by atoms with van der Waals surface area (Å²) in [4.78, 5) is 16.4. The van der Waals surface area contributed by atoms with E-state index in [0.717, 1.165) is 27.0 Å². The molecule has 3 N–H and O–H groups in total. The third-order valence-corrected chi connectivity index (χ3v) is 4.55. The quantitative estimate of drug-likeness (QED) is 0.266. The average molecular weight is 577 g/mol. The van der Waals surface area contributed by atoms with Crippen LogP contribution in [0.4, 0.5) is 5.69 Å². The maximum atomic E-state index is 12.2. The number of methoxy groups -OCH3 is 2. The van der Waals surface area contributed by atoms with Gasteiger partial charge in [0.15, 0.2) is 5.96 Å². The van der Waals surface area contributed by atoms with Crippen LogP contribution in [0, 0.1) is 6.92 Å². The van der Waals surface area contributed by atoms with Gasteiger partial charge in [-0.15, -0.1) is 24.0 Å². The van der Waals surface area contributed by atoms with E-state index in [0.29, 0.717) is 18.3 Å². The molecular formula is C20H26BrIN4O3. The molecule has 0 spiro atoms. The van der Waals surface area contributed by atoms with Gasteiger partial charge in [-0.1, -0.05) is 22.0 Å². The predicted octanol–water partition coefficient (Wildman–Crippen LogP) is 3.70. The van der Waals surface area contributed by atoms with Crippen LogP contribution in [-0.4, -0.2) is 39.7 Å². The Kier molecular flexibility index (Phi) is 10.8. The molecule has 0 heterocycles. The minimum atomic E-state index is -0.161. The summed E-state index contributed by atoms with van der Waals surface area (Å²) in [5.74, 6) is 1.79. The molecule has 1 amide bonds. The van der Waals surface area contributed by atoms with Crippen molar-refractivity contribution in [3.8, 4) is 11.5 Å². The number of hydrogen-bond acceptors (Lipinski definition) is 4. The van der Waals surface area contributed by atoms with E-state index in [1.54, 1.807) is 21.3 Å². The van der Waals surface area contributed by atoms with Crippen molar-refractivity contribution in [2.75, 3.05) is 33.1 Å². The van der Waals surface area contributed by atoms with Crippen molar-refractivity contribution >= 4 is 57.5 Å². The Bertz CT molecular complexity index is 862. The Labute approximate surface area is 196 Å². The van der Waals surface area contributed by atoms with E-state index in [2.05, 4.69) is 36.9 Å². The number of halogens is 2. The van der Waals surface area contributed by atoms with Crippen LogP contribution in [0.2, 0.25) is 0 Å². The maximum absolute atomic E-state index is 12.2. The minimum Gasteiger partial charge on any atom is -0.497 e. The lowest BCUT2D eigenvalue weighted by Gasteiger charge is -2.15. The highest BCUT2D eigenvalue weighted by atomic mass is 127. The maximum Gasteiger partial charge on any atom is 0.243 e. The number of aliphatic imine (C=N–C) groups is 1. The van der Waals surface area contributed by atoms with Crippen molar-refractivity contribution in [3.63, 3.8) is 0 Å². The Morgan fingerprint density at radius 1 is 1.10 bits per heavy atom. The number of guanidine groups is 1. The number of anilines is 1. The Morgan fingerprint density at radius 3 is 2.52 bits per heavy atom. The van der Waals surface area contributed by atoms with E-state index in [1.807, 2.05) is 43.3 Å². The van der Waals surface area contributed by atoms with Gasteiger partial charge in [-0.2, -0.15) is 0 Å². The fraction of sp³-hybridized carbons (Fsp3) is 0.300. The summed E-state index contributed by atoms with van der Waals surface area (Å²) in [7, 11) is 4.87. The molecule has 2 aromatic carbocycles. The van der Waals surface area contributed by atoms with Crippen molar-refractivity contribution in [1.82, 2.24) is 10.6 Å². The average Bonchev–Trinajstić information content (AvgIpc) is 2.70. The van der Waals surface area contributed by atoms with Gasteiger partial charge in [0.25, 0.3) is 0 Å². The molecule has 0 aliphatic carbocycles. The molecule has 0 unspecified atom stereocenters. The summed E-state index contributed by atoms with van der Waals surface area (Å²) in [6.07, 6.45) is 0. The van der Waals surface area contributed by atoms with Gasteiger partial charge < -0.3 is 25.4 Å². The van der Waals surface area contributed by atoms with Crippen LogP contribution in [0.5, 0.6) is 11.5 Å². The molecule has 158 valence electrons. The molecule has 0 aliphatic heterocycles. The fourth-order valence-electron chi connectivity index (χ4n) is 2.48. The highest BCUT2D eigenvalue weighted by molar-refractivity contribution is 14.0. The molecule has 0 saturated heterocycles. The van der Waals surface area contributed by atoms with Crippen LogP contribution in [0.1, 0.15) is 11.1 Å². The molecule has 0 atom stereocenters. The highest BCUT2D eigenvalue weighted by Crippen LogP contribution is 2.24. The number of amides is 1. The molecule has 2 aromatic rings. The first-order valence-electron chi connectivity index (χ1n) is 8.68. The number of hydrogen-bond donors (Lipinski definition) is 3. The predicted molar refractivity (Wildman–Crippen MR) is 131 cm³/mol. The van der Waals surface area contributed by atoms with Gasteiger partial charge >= 0.3 is 0 Å². The summed E-state index contributed by atoms with van der Waals surface area (Å²) in [6.45, 7) is 2.52. The van der Waals surface area contributed by atoms with Crippen LogP contribution in [0.25, 0.3) is 0 Å². The second-order valence-corrected chi connectivity index (χ2v) is 6.88. The Hall–Kier alpha value is -2.01. The molecule has 0 saturated carbocycles. The SMILES string of the molecule is CN=C(NCC(=O)Nc1cc(Br)ccc1C)NCc1ccc(OC)cc1OC.I. The zero-order chi connectivity index (χ0) is 20.5. The van der Waals surface area contributed by atoms with Gasteiger partial charge in [0.2, 0.25) is 5.91 Å². The van der Waals surface area contributed by atoms with Gasteiger partial charge in [0.05, 0.1) is 20.8 Å². The molecule has 2 rings (SSSR count). The van der Waals surface area contributed by atoms with Crippen LogP contribution in [0.3, 0.4) is 0 Å². The smallest absolute Gasteiger partial charge is 0.243 e. The third kappa shape index (κ3) is 7.73. The second kappa shape index (κ2) is 12.5. The molecule has 0 fully saturated rings. The monoisotopic (exact) mass is 576 g/mol. The number of nitrogens with zero attached hydrogens (tertiary/aromatic N) is 1. The first kappa shape index (κ1) is 25.0. The first-order chi connectivity index (χ1) is 13.5. The molecule has 7 nitrogen and oxygen atoms in total. The number of ether oxygens (including phenoxy) is 2. The number of carbonyl (C=O) groups is 1. The zero-order valence-corrected chi connectivity index (χ0v) is 20.8. The summed E-state index contributed by atoms with van der Waals surface area (Å²) in [5, 5.41) is 9.06. The largest absolute Gasteiger partial charge is 0.497 e. The number of benzene rings is 2. The highest BCUT2D eigenvalue weighted by Gasteiger charge is 2.09. The normalized spacial score (nSPS) is 10.6. The number of aryl methyl sites for hydroxylation is 1. The van der Waals surface area contributed by atoms with Gasteiger partial charge in [-0.25, -0.2) is 0 Å². The summed E-state index contributed by atoms with van der Waals surface area (Å²) >= 11 is 3.41. The molecule has 29 heavy (non-hydrogen) atoms. The number of carbonyl (C=O) groups excluding carboxylic acids is 1. The fourth-order valence-corrected chi connectivity index (χ4v) is 2.85. The van der Waals surface area contributed by atoms with E-state index in [1.165, 1.54) is 0 Å². The van der Waals surface area contributed by atoms with Crippen molar-refractivity contribution in [2.45, 2.75) is 13.5 Å². The third-order valence-electron chi connectivity index (χ3n) is 4.05. The summed E-state index contributed by atoms with van der Waals surface area (Å²) < 4.78 is 11.5. The van der Waals surface area contributed by atoms with Crippen LogP contribution in [0.15, 0.2) is 45.9 Å². The zero-order valence-electron chi connectivity index (χ0n) is 16.8. The number of nitrogens with one attached hydrogen (secondary N) is 3. The van der Waals surface area contributed by atoms with E-state index >= 15 is 0 Å². The van der Waals surface area contributed by atoms with Gasteiger partial charge in [-0.05, 0) is 36.8 Å². The molecule has 0 aromatic heterocycles. The molecule has 0 radical (unpaired) electrons. The Morgan fingerprint density at radius 2 is 1.86 bits per heavy atom.